The number of nitrogens with zero attached hydrogens (tertiary/aromatic N) is 2. The van der Waals surface area contributed by atoms with Crippen molar-refractivity contribution in [2.75, 3.05) is 18.4 Å². The van der Waals surface area contributed by atoms with Crippen LogP contribution in [-0.2, 0) is 11.3 Å². The number of anilines is 1. The molecule has 7 heteroatoms. The van der Waals surface area contributed by atoms with E-state index in [2.05, 4.69) is 11.4 Å². The molecule has 7 nitrogen and oxygen atoms in total. The summed E-state index contributed by atoms with van der Waals surface area (Å²) in [6, 6.07) is 11.3. The van der Waals surface area contributed by atoms with E-state index in [4.69, 9.17) is 19.2 Å². The van der Waals surface area contributed by atoms with Gasteiger partial charge in [0.2, 0.25) is 5.91 Å². The summed E-state index contributed by atoms with van der Waals surface area (Å²) >= 11 is 0. The Labute approximate surface area is 170 Å². The van der Waals surface area contributed by atoms with Gasteiger partial charge in [-0.2, -0.15) is 5.26 Å². The van der Waals surface area contributed by atoms with Gasteiger partial charge >= 0.3 is 0 Å². The summed E-state index contributed by atoms with van der Waals surface area (Å²) in [7, 11) is 0. The predicted molar refractivity (Wildman–Crippen MR) is 106 cm³/mol. The molecule has 0 unspecified atom stereocenters. The fourth-order valence-corrected chi connectivity index (χ4v) is 3.91. The van der Waals surface area contributed by atoms with Gasteiger partial charge in [-0.25, -0.2) is 0 Å². The molecule has 2 heterocycles. The van der Waals surface area contributed by atoms with Crippen LogP contribution < -0.4 is 14.8 Å². The molecule has 1 aromatic carbocycles. The predicted octanol–water partition coefficient (Wildman–Crippen LogP) is 4.07. The molecule has 0 atom stereocenters. The number of carbonyl (C=O) groups is 1. The number of fused-ring (bicyclic) bond motifs is 1. The van der Waals surface area contributed by atoms with E-state index in [1.165, 1.54) is 6.42 Å². The van der Waals surface area contributed by atoms with Crippen molar-refractivity contribution in [2.45, 2.75) is 50.9 Å². The first-order valence-electron chi connectivity index (χ1n) is 10.1. The average Bonchev–Trinajstić information content (AvgIpc) is 3.33. The number of benzene rings is 1. The van der Waals surface area contributed by atoms with Crippen LogP contribution in [0.4, 0.5) is 5.69 Å². The zero-order valence-corrected chi connectivity index (χ0v) is 16.4. The van der Waals surface area contributed by atoms with Crippen molar-refractivity contribution in [2.24, 2.45) is 0 Å². The quantitative estimate of drug-likeness (QED) is 0.760. The van der Waals surface area contributed by atoms with Crippen LogP contribution >= 0.6 is 0 Å². The van der Waals surface area contributed by atoms with Crippen LogP contribution in [-0.4, -0.2) is 29.7 Å². The number of ether oxygens (including phenoxy) is 2. The third kappa shape index (κ3) is 4.72. The first-order valence-corrected chi connectivity index (χ1v) is 10.1. The SMILES string of the molecule is N#CCCN(CC(=O)Nc1ccc2c(c1)OC1(CCCCC1)O2)Cc1ccco1. The molecular weight excluding hydrogens is 370 g/mol. The Kier molecular flexibility index (Phi) is 5.72. The van der Waals surface area contributed by atoms with Gasteiger partial charge in [0.25, 0.3) is 5.79 Å². The molecule has 4 rings (SSSR count). The van der Waals surface area contributed by atoms with E-state index >= 15 is 0 Å². The lowest BCUT2D eigenvalue weighted by Crippen LogP contribution is -2.40. The van der Waals surface area contributed by atoms with Crippen molar-refractivity contribution in [3.63, 3.8) is 0 Å². The molecule has 2 aliphatic rings. The summed E-state index contributed by atoms with van der Waals surface area (Å²) in [5.74, 6) is 1.50. The lowest BCUT2D eigenvalue weighted by Gasteiger charge is -2.31. The average molecular weight is 395 g/mol. The maximum atomic E-state index is 12.6. The van der Waals surface area contributed by atoms with Gasteiger partial charge in [0.1, 0.15) is 5.76 Å². The highest BCUT2D eigenvalue weighted by Gasteiger charge is 2.42. The van der Waals surface area contributed by atoms with Gasteiger partial charge in [0.15, 0.2) is 11.5 Å². The molecule has 1 saturated carbocycles. The molecule has 29 heavy (non-hydrogen) atoms. The highest BCUT2D eigenvalue weighted by Crippen LogP contribution is 2.46. The second kappa shape index (κ2) is 8.58. The zero-order chi connectivity index (χ0) is 20.1. The molecule has 1 aliphatic heterocycles. The zero-order valence-electron chi connectivity index (χ0n) is 16.4. The summed E-state index contributed by atoms with van der Waals surface area (Å²) in [6.45, 7) is 1.14. The molecule has 1 spiro atoms. The molecule has 1 fully saturated rings. The van der Waals surface area contributed by atoms with E-state index in [0.717, 1.165) is 37.2 Å². The summed E-state index contributed by atoms with van der Waals surface area (Å²) in [4.78, 5) is 14.5. The Bertz CT molecular complexity index is 882. The first kappa shape index (κ1) is 19.3. The van der Waals surface area contributed by atoms with Gasteiger partial charge in [-0.1, -0.05) is 6.42 Å². The van der Waals surface area contributed by atoms with E-state index in [1.54, 1.807) is 6.26 Å². The Morgan fingerprint density at radius 3 is 2.76 bits per heavy atom. The highest BCUT2D eigenvalue weighted by atomic mass is 16.7. The lowest BCUT2D eigenvalue weighted by atomic mass is 9.94. The van der Waals surface area contributed by atoms with Crippen molar-refractivity contribution >= 4 is 11.6 Å². The minimum absolute atomic E-state index is 0.152. The number of furan rings is 1. The van der Waals surface area contributed by atoms with Crippen LogP contribution in [0.3, 0.4) is 0 Å². The Hall–Kier alpha value is -2.98. The molecule has 0 bridgehead atoms. The second-order valence-electron chi connectivity index (χ2n) is 7.58. The third-order valence-electron chi connectivity index (χ3n) is 5.30. The minimum atomic E-state index is -0.527. The van der Waals surface area contributed by atoms with Crippen molar-refractivity contribution in [1.82, 2.24) is 4.90 Å². The molecule has 152 valence electrons. The van der Waals surface area contributed by atoms with Gasteiger partial charge in [-0.3, -0.25) is 9.69 Å². The van der Waals surface area contributed by atoms with Crippen molar-refractivity contribution in [3.8, 4) is 17.6 Å². The Morgan fingerprint density at radius 1 is 1.17 bits per heavy atom. The number of rotatable bonds is 7. The normalized spacial score (nSPS) is 16.7. The third-order valence-corrected chi connectivity index (χ3v) is 5.30. The molecule has 0 radical (unpaired) electrons. The maximum absolute atomic E-state index is 12.6. The van der Waals surface area contributed by atoms with E-state index < -0.39 is 5.79 Å². The van der Waals surface area contributed by atoms with Gasteiger partial charge in [0, 0.05) is 37.6 Å². The number of nitriles is 1. The van der Waals surface area contributed by atoms with E-state index in [0.29, 0.717) is 30.9 Å². The van der Waals surface area contributed by atoms with Crippen LogP contribution in [0.25, 0.3) is 0 Å². The van der Waals surface area contributed by atoms with E-state index in [1.807, 2.05) is 35.2 Å². The Morgan fingerprint density at radius 2 is 2.00 bits per heavy atom. The largest absolute Gasteiger partial charge is 0.468 e. The number of carbonyl (C=O) groups excluding carboxylic acids is 1. The van der Waals surface area contributed by atoms with Crippen LogP contribution in [0.1, 0.15) is 44.3 Å². The van der Waals surface area contributed by atoms with Crippen LogP contribution in [0.5, 0.6) is 11.5 Å². The van der Waals surface area contributed by atoms with Gasteiger partial charge < -0.3 is 19.2 Å². The molecule has 2 aromatic rings. The summed E-state index contributed by atoms with van der Waals surface area (Å²) in [6.07, 6.45) is 7.15. The number of amides is 1. The molecule has 1 N–H and O–H groups in total. The van der Waals surface area contributed by atoms with E-state index in [9.17, 15) is 4.79 Å². The smallest absolute Gasteiger partial charge is 0.251 e. The Balaban J connectivity index is 1.37. The first-order chi connectivity index (χ1) is 14.2. The number of hydrogen-bond donors (Lipinski definition) is 1. The molecular formula is C22H25N3O4. The molecule has 1 aromatic heterocycles. The van der Waals surface area contributed by atoms with Crippen molar-refractivity contribution in [1.29, 1.82) is 5.26 Å². The second-order valence-corrected chi connectivity index (χ2v) is 7.58. The van der Waals surface area contributed by atoms with Crippen LogP contribution in [0.15, 0.2) is 41.0 Å². The monoisotopic (exact) mass is 395 g/mol. The van der Waals surface area contributed by atoms with Gasteiger partial charge in [0.05, 0.1) is 25.4 Å². The topological polar surface area (TPSA) is 87.7 Å². The van der Waals surface area contributed by atoms with Crippen molar-refractivity contribution in [3.05, 3.63) is 42.4 Å². The number of hydrogen-bond acceptors (Lipinski definition) is 6. The highest BCUT2D eigenvalue weighted by molar-refractivity contribution is 5.92. The van der Waals surface area contributed by atoms with Gasteiger partial charge in [-0.05, 0) is 37.1 Å². The van der Waals surface area contributed by atoms with Gasteiger partial charge in [-0.15, -0.1) is 0 Å². The molecule has 0 saturated heterocycles. The fraction of sp³-hybridized carbons (Fsp3) is 0.455. The van der Waals surface area contributed by atoms with Crippen LogP contribution in [0, 0.1) is 11.3 Å². The maximum Gasteiger partial charge on any atom is 0.251 e. The molecule has 1 aliphatic carbocycles. The minimum Gasteiger partial charge on any atom is -0.468 e. The number of nitrogens with one attached hydrogen (secondary N) is 1. The van der Waals surface area contributed by atoms with E-state index in [-0.39, 0.29) is 12.5 Å². The summed E-state index contributed by atoms with van der Waals surface area (Å²) in [5.41, 5.74) is 0.670. The molecule has 1 amide bonds. The fourth-order valence-electron chi connectivity index (χ4n) is 3.91. The lowest BCUT2D eigenvalue weighted by molar-refractivity contribution is -0.117. The van der Waals surface area contributed by atoms with Crippen LogP contribution in [0.2, 0.25) is 0 Å². The van der Waals surface area contributed by atoms with Crippen molar-refractivity contribution < 1.29 is 18.7 Å². The summed E-state index contributed by atoms with van der Waals surface area (Å²) < 4.78 is 17.6. The summed E-state index contributed by atoms with van der Waals surface area (Å²) in [5, 5.41) is 11.8. The standard InChI is InChI=1S/C22H25N3O4/c23-11-5-12-25(15-18-6-4-13-27-18)16-21(26)24-17-7-8-19-20(14-17)29-22(28-19)9-2-1-3-10-22/h4,6-8,13-14H,1-3,5,9-10,12,15-16H2,(H,24,26).